The maximum Gasteiger partial charge on any atom is 0.416 e. The van der Waals surface area contributed by atoms with E-state index in [0.717, 1.165) is 54.7 Å². The highest BCUT2D eigenvalue weighted by Crippen LogP contribution is 2.44. The minimum Gasteiger partial charge on any atom is -0.324 e. The van der Waals surface area contributed by atoms with E-state index in [0.29, 0.717) is 17.8 Å². The Morgan fingerprint density at radius 2 is 1.77 bits per heavy atom. The standard InChI is InChI=1S/C22H25F3N3OP/c1-30(2,29)14-19-21-18(15-10-12-26-13-11-15)4-3-5-20(21)28(27-19)17-8-6-16(7-9-17)22(23,24)25/h3-9,15,26H,10-14H2,1-2H3. The Hall–Kier alpha value is -2.11. The van der Waals surface area contributed by atoms with Gasteiger partial charge in [0.1, 0.15) is 0 Å². The number of aromatic nitrogens is 2. The van der Waals surface area contributed by atoms with E-state index in [1.54, 1.807) is 18.0 Å². The summed E-state index contributed by atoms with van der Waals surface area (Å²) in [5.41, 5.74) is 2.66. The molecule has 0 amide bonds. The van der Waals surface area contributed by atoms with Crippen molar-refractivity contribution in [1.29, 1.82) is 0 Å². The van der Waals surface area contributed by atoms with Gasteiger partial charge in [-0.25, -0.2) is 4.68 Å². The van der Waals surface area contributed by atoms with Crippen LogP contribution >= 0.6 is 7.14 Å². The number of fused-ring (bicyclic) bond motifs is 1. The smallest absolute Gasteiger partial charge is 0.324 e. The third-order valence-electron chi connectivity index (χ3n) is 5.56. The molecule has 0 bridgehead atoms. The van der Waals surface area contributed by atoms with Gasteiger partial charge < -0.3 is 9.88 Å². The monoisotopic (exact) mass is 435 g/mol. The third kappa shape index (κ3) is 4.33. The topological polar surface area (TPSA) is 46.9 Å². The molecule has 0 saturated carbocycles. The fraction of sp³-hybridized carbons (Fsp3) is 0.409. The number of piperidine rings is 1. The van der Waals surface area contributed by atoms with Crippen molar-refractivity contribution in [2.75, 3.05) is 26.4 Å². The lowest BCUT2D eigenvalue weighted by atomic mass is 9.87. The summed E-state index contributed by atoms with van der Waals surface area (Å²) in [6.45, 7) is 5.37. The summed E-state index contributed by atoms with van der Waals surface area (Å²) in [5.74, 6) is 0.382. The Labute approximate surface area is 173 Å². The predicted molar refractivity (Wildman–Crippen MR) is 114 cm³/mol. The fourth-order valence-electron chi connectivity index (χ4n) is 4.21. The largest absolute Gasteiger partial charge is 0.416 e. The van der Waals surface area contributed by atoms with Gasteiger partial charge in [0.25, 0.3) is 0 Å². The van der Waals surface area contributed by atoms with E-state index in [1.165, 1.54) is 17.7 Å². The van der Waals surface area contributed by atoms with E-state index >= 15 is 0 Å². The van der Waals surface area contributed by atoms with Crippen molar-refractivity contribution < 1.29 is 17.7 Å². The Morgan fingerprint density at radius 3 is 2.37 bits per heavy atom. The Kier molecular flexibility index (Phi) is 5.54. The quantitative estimate of drug-likeness (QED) is 0.540. The molecule has 2 heterocycles. The van der Waals surface area contributed by atoms with Crippen molar-refractivity contribution in [2.24, 2.45) is 0 Å². The minimum absolute atomic E-state index is 0.360. The molecule has 4 nitrogen and oxygen atoms in total. The van der Waals surface area contributed by atoms with Crippen LogP contribution in [0.4, 0.5) is 13.2 Å². The van der Waals surface area contributed by atoms with Gasteiger partial charge in [0.15, 0.2) is 0 Å². The Morgan fingerprint density at radius 1 is 1.10 bits per heavy atom. The zero-order chi connectivity index (χ0) is 21.5. The zero-order valence-electron chi connectivity index (χ0n) is 17.0. The summed E-state index contributed by atoms with van der Waals surface area (Å²) in [7, 11) is -2.40. The van der Waals surface area contributed by atoms with E-state index in [2.05, 4.69) is 11.4 Å². The number of hydrogen-bond donors (Lipinski definition) is 1. The first kappa shape index (κ1) is 21.1. The van der Waals surface area contributed by atoms with Gasteiger partial charge in [-0.05, 0) is 81.1 Å². The molecule has 1 aliphatic heterocycles. The van der Waals surface area contributed by atoms with Gasteiger partial charge in [0.05, 0.1) is 29.6 Å². The average Bonchev–Trinajstić information content (AvgIpc) is 3.05. The van der Waals surface area contributed by atoms with Crippen LogP contribution in [0.2, 0.25) is 0 Å². The number of rotatable bonds is 4. The summed E-state index contributed by atoms with van der Waals surface area (Å²) < 4.78 is 53.2. The van der Waals surface area contributed by atoms with Crippen LogP contribution < -0.4 is 5.32 Å². The molecule has 0 aliphatic carbocycles. The molecule has 1 aliphatic rings. The summed E-state index contributed by atoms with van der Waals surface area (Å²) in [5, 5.41) is 9.11. The summed E-state index contributed by atoms with van der Waals surface area (Å²) in [6, 6.07) is 11.0. The molecule has 0 spiro atoms. The number of halogens is 3. The highest BCUT2D eigenvalue weighted by atomic mass is 31.2. The first-order valence-corrected chi connectivity index (χ1v) is 12.8. The molecule has 0 radical (unpaired) electrons. The molecule has 30 heavy (non-hydrogen) atoms. The van der Waals surface area contributed by atoms with Crippen LogP contribution in [-0.4, -0.2) is 36.2 Å². The molecule has 0 atom stereocenters. The van der Waals surface area contributed by atoms with Gasteiger partial charge in [-0.2, -0.15) is 18.3 Å². The summed E-state index contributed by atoms with van der Waals surface area (Å²) in [4.78, 5) is 0. The summed E-state index contributed by atoms with van der Waals surface area (Å²) >= 11 is 0. The minimum atomic E-state index is -4.38. The second-order valence-electron chi connectivity index (χ2n) is 8.40. The SMILES string of the molecule is CP(C)(=O)Cc1nn(-c2ccc(C(F)(F)F)cc2)c2cccc(C3CCNCC3)c12. The second kappa shape index (κ2) is 7.86. The third-order valence-corrected chi connectivity index (χ3v) is 6.62. The van der Waals surface area contributed by atoms with Crippen LogP contribution in [0.3, 0.4) is 0 Å². The van der Waals surface area contributed by atoms with Crippen LogP contribution in [0.5, 0.6) is 0 Å². The van der Waals surface area contributed by atoms with Crippen molar-refractivity contribution >= 4 is 18.0 Å². The van der Waals surface area contributed by atoms with Crippen molar-refractivity contribution in [3.05, 3.63) is 59.3 Å². The molecule has 8 heteroatoms. The van der Waals surface area contributed by atoms with Crippen molar-refractivity contribution in [1.82, 2.24) is 15.1 Å². The number of benzene rings is 2. The zero-order valence-corrected chi connectivity index (χ0v) is 17.9. The lowest BCUT2D eigenvalue weighted by molar-refractivity contribution is -0.137. The first-order chi connectivity index (χ1) is 14.1. The number of nitrogens with one attached hydrogen (secondary N) is 1. The number of hydrogen-bond acceptors (Lipinski definition) is 3. The number of alkyl halides is 3. The van der Waals surface area contributed by atoms with Gasteiger partial charge in [0.2, 0.25) is 0 Å². The molecule has 1 saturated heterocycles. The van der Waals surface area contributed by atoms with Crippen LogP contribution in [0.1, 0.15) is 35.6 Å². The Bertz CT molecular complexity index is 1090. The molecule has 1 N–H and O–H groups in total. The van der Waals surface area contributed by atoms with Gasteiger partial charge in [-0.3, -0.25) is 0 Å². The summed E-state index contributed by atoms with van der Waals surface area (Å²) in [6.07, 6.45) is -1.99. The molecular weight excluding hydrogens is 410 g/mol. The van der Waals surface area contributed by atoms with Crippen LogP contribution in [-0.2, 0) is 16.9 Å². The molecule has 160 valence electrons. The molecule has 1 fully saturated rings. The van der Waals surface area contributed by atoms with E-state index in [4.69, 9.17) is 5.10 Å². The molecule has 2 aromatic carbocycles. The Balaban J connectivity index is 1.87. The highest BCUT2D eigenvalue weighted by molar-refractivity contribution is 7.61. The van der Waals surface area contributed by atoms with Crippen LogP contribution in [0.15, 0.2) is 42.5 Å². The van der Waals surface area contributed by atoms with Gasteiger partial charge in [-0.1, -0.05) is 12.1 Å². The van der Waals surface area contributed by atoms with E-state index < -0.39 is 18.9 Å². The lowest BCUT2D eigenvalue weighted by Gasteiger charge is -2.24. The molecule has 0 unspecified atom stereocenters. The fourth-order valence-corrected chi connectivity index (χ4v) is 5.15. The maximum atomic E-state index is 13.0. The lowest BCUT2D eigenvalue weighted by Crippen LogP contribution is -2.26. The second-order valence-corrected chi connectivity index (χ2v) is 11.9. The van der Waals surface area contributed by atoms with E-state index in [9.17, 15) is 17.7 Å². The van der Waals surface area contributed by atoms with Crippen LogP contribution in [0.25, 0.3) is 16.6 Å². The van der Waals surface area contributed by atoms with Gasteiger partial charge in [0, 0.05) is 11.5 Å². The maximum absolute atomic E-state index is 13.0. The van der Waals surface area contributed by atoms with Crippen LogP contribution in [0, 0.1) is 0 Å². The van der Waals surface area contributed by atoms with Crippen molar-refractivity contribution in [3.8, 4) is 5.69 Å². The van der Waals surface area contributed by atoms with Gasteiger partial charge >= 0.3 is 6.18 Å². The molecule has 4 rings (SSSR count). The normalized spacial score (nSPS) is 16.3. The predicted octanol–water partition coefficient (Wildman–Crippen LogP) is 5.63. The first-order valence-electron chi connectivity index (χ1n) is 10.1. The molecule has 3 aromatic rings. The van der Waals surface area contributed by atoms with E-state index in [1.807, 2.05) is 12.1 Å². The van der Waals surface area contributed by atoms with E-state index in [-0.39, 0.29) is 0 Å². The van der Waals surface area contributed by atoms with Crippen molar-refractivity contribution in [2.45, 2.75) is 31.1 Å². The molecular formula is C22H25F3N3OP. The van der Waals surface area contributed by atoms with Gasteiger partial charge in [-0.15, -0.1) is 0 Å². The molecule has 1 aromatic heterocycles. The van der Waals surface area contributed by atoms with Crippen molar-refractivity contribution in [3.63, 3.8) is 0 Å². The average molecular weight is 435 g/mol. The number of nitrogens with zero attached hydrogens (tertiary/aromatic N) is 2. The highest BCUT2D eigenvalue weighted by Gasteiger charge is 2.30.